The predicted molar refractivity (Wildman–Crippen MR) is 125 cm³/mol. The summed E-state index contributed by atoms with van der Waals surface area (Å²) in [5, 5.41) is 0. The van der Waals surface area contributed by atoms with E-state index in [2.05, 4.69) is 77.8 Å². The third kappa shape index (κ3) is 3.61. The molecule has 0 spiro atoms. The van der Waals surface area contributed by atoms with Gasteiger partial charge in [0.15, 0.2) is 0 Å². The normalized spacial score (nSPS) is 17.5. The van der Waals surface area contributed by atoms with Crippen LogP contribution in [0, 0.1) is 0 Å². The second-order valence-electron chi connectivity index (χ2n) is 7.80. The molecule has 2 aromatic rings. The molecular weight excluding hydrogens is 350 g/mol. The van der Waals surface area contributed by atoms with Gasteiger partial charge in [0.2, 0.25) is 0 Å². The molecule has 29 heavy (non-hydrogen) atoms. The lowest BCUT2D eigenvalue weighted by molar-refractivity contribution is 0.950. The zero-order chi connectivity index (χ0) is 19.5. The maximum atomic E-state index is 4.08. The highest BCUT2D eigenvalue weighted by atomic mass is 14.7. The third-order valence-corrected chi connectivity index (χ3v) is 6.06. The molecule has 6 rings (SSSR count). The SMILES string of the molecule is C1=CCC2=CCc3c(ccc4c3CCC=C4)C2=C1.C1=Cc2ccccc2CC=N1. The van der Waals surface area contributed by atoms with Gasteiger partial charge in [0.05, 0.1) is 0 Å². The molecule has 0 saturated carbocycles. The first kappa shape index (κ1) is 17.9. The lowest BCUT2D eigenvalue weighted by atomic mass is 9.78. The van der Waals surface area contributed by atoms with E-state index < -0.39 is 0 Å². The van der Waals surface area contributed by atoms with Gasteiger partial charge in [0.25, 0.3) is 0 Å². The van der Waals surface area contributed by atoms with E-state index in [1.165, 1.54) is 46.2 Å². The Kier molecular flexibility index (Phi) is 4.96. The van der Waals surface area contributed by atoms with Crippen molar-refractivity contribution < 1.29 is 0 Å². The van der Waals surface area contributed by atoms with Crippen LogP contribution in [0.2, 0.25) is 0 Å². The third-order valence-electron chi connectivity index (χ3n) is 6.06. The summed E-state index contributed by atoms with van der Waals surface area (Å²) in [6, 6.07) is 13.0. The first-order chi connectivity index (χ1) is 14.4. The minimum atomic E-state index is 0.948. The molecule has 142 valence electrons. The lowest BCUT2D eigenvalue weighted by Gasteiger charge is -2.26. The second kappa shape index (κ2) is 8.05. The van der Waals surface area contributed by atoms with E-state index in [0.29, 0.717) is 0 Å². The van der Waals surface area contributed by atoms with E-state index in [1.807, 2.05) is 18.5 Å². The minimum Gasteiger partial charge on any atom is -0.269 e. The van der Waals surface area contributed by atoms with Gasteiger partial charge in [-0.2, -0.15) is 0 Å². The molecule has 0 amide bonds. The van der Waals surface area contributed by atoms with Crippen LogP contribution in [-0.2, 0) is 19.3 Å². The number of hydrogen-bond donors (Lipinski definition) is 0. The Labute approximate surface area is 173 Å². The molecule has 4 aliphatic rings. The summed E-state index contributed by atoms with van der Waals surface area (Å²) in [7, 11) is 0. The van der Waals surface area contributed by atoms with Gasteiger partial charge in [-0.3, -0.25) is 4.99 Å². The first-order valence-electron chi connectivity index (χ1n) is 10.5. The smallest absolute Gasteiger partial charge is 0.0270 e. The summed E-state index contributed by atoms with van der Waals surface area (Å²) in [5.41, 5.74) is 11.7. The molecule has 0 atom stereocenters. The van der Waals surface area contributed by atoms with Gasteiger partial charge in [-0.15, -0.1) is 0 Å². The topological polar surface area (TPSA) is 12.4 Å². The van der Waals surface area contributed by atoms with Crippen LogP contribution in [0.3, 0.4) is 0 Å². The number of allylic oxidation sites excluding steroid dienone is 7. The Morgan fingerprint density at radius 3 is 2.76 bits per heavy atom. The summed E-state index contributed by atoms with van der Waals surface area (Å²) >= 11 is 0. The highest BCUT2D eigenvalue weighted by Crippen LogP contribution is 2.39. The monoisotopic (exact) mass is 375 g/mol. The molecule has 0 bridgehead atoms. The highest BCUT2D eigenvalue weighted by Gasteiger charge is 2.21. The number of fused-ring (bicyclic) bond motifs is 6. The quantitative estimate of drug-likeness (QED) is 0.482. The van der Waals surface area contributed by atoms with Crippen LogP contribution < -0.4 is 0 Å². The predicted octanol–water partition coefficient (Wildman–Crippen LogP) is 6.76. The van der Waals surface area contributed by atoms with Crippen molar-refractivity contribution in [3.8, 4) is 0 Å². The van der Waals surface area contributed by atoms with Crippen LogP contribution in [0.5, 0.6) is 0 Å². The van der Waals surface area contributed by atoms with Crippen LogP contribution in [0.1, 0.15) is 46.2 Å². The molecule has 1 nitrogen and oxygen atoms in total. The Hall–Kier alpha value is -3.19. The molecule has 1 aliphatic heterocycles. The number of nitrogens with zero attached hydrogens (tertiary/aromatic N) is 1. The van der Waals surface area contributed by atoms with Crippen molar-refractivity contribution in [2.45, 2.75) is 32.1 Å². The van der Waals surface area contributed by atoms with E-state index in [4.69, 9.17) is 0 Å². The van der Waals surface area contributed by atoms with Crippen LogP contribution in [0.4, 0.5) is 0 Å². The Balaban J connectivity index is 0.000000142. The van der Waals surface area contributed by atoms with Crippen molar-refractivity contribution in [1.82, 2.24) is 0 Å². The van der Waals surface area contributed by atoms with Gasteiger partial charge in [0, 0.05) is 18.8 Å². The lowest BCUT2D eigenvalue weighted by Crippen LogP contribution is -2.09. The zero-order valence-electron chi connectivity index (χ0n) is 16.6. The Bertz CT molecular complexity index is 1120. The average Bonchev–Trinajstić information content (AvgIpc) is 3.05. The highest BCUT2D eigenvalue weighted by molar-refractivity contribution is 5.86. The van der Waals surface area contributed by atoms with E-state index in [-0.39, 0.29) is 0 Å². The molecule has 0 fully saturated rings. The number of benzene rings is 2. The number of hydrogen-bond acceptors (Lipinski definition) is 1. The van der Waals surface area contributed by atoms with Gasteiger partial charge in [-0.05, 0) is 76.3 Å². The zero-order valence-corrected chi connectivity index (χ0v) is 16.6. The molecule has 0 radical (unpaired) electrons. The maximum Gasteiger partial charge on any atom is 0.0270 e. The number of aliphatic imine (C=N–C) groups is 1. The van der Waals surface area contributed by atoms with Crippen LogP contribution in [-0.4, -0.2) is 6.21 Å². The summed E-state index contributed by atoms with van der Waals surface area (Å²) in [4.78, 5) is 4.08. The molecule has 1 heterocycles. The van der Waals surface area contributed by atoms with Crippen molar-refractivity contribution in [3.63, 3.8) is 0 Å². The fourth-order valence-electron chi connectivity index (χ4n) is 4.56. The molecule has 0 saturated heterocycles. The molecule has 1 heteroatoms. The number of rotatable bonds is 0. The van der Waals surface area contributed by atoms with E-state index in [9.17, 15) is 0 Å². The standard InChI is InChI=1S/C18H16.C10H9N/c1-3-7-15-13(5-1)9-11-18-16-8-4-2-6-14(16)10-12-17(15)18;1-2-4-10-6-8-11-7-5-9(10)3-1/h1-3,6-7,9-10,12H,4-5,8,11H2;1-5,7-8H,6H2. The summed E-state index contributed by atoms with van der Waals surface area (Å²) in [5.74, 6) is 0. The summed E-state index contributed by atoms with van der Waals surface area (Å²) < 4.78 is 0. The van der Waals surface area contributed by atoms with Crippen molar-refractivity contribution in [1.29, 1.82) is 0 Å². The molecule has 0 N–H and O–H groups in total. The molecule has 0 aromatic heterocycles. The fraction of sp³-hybridized carbons (Fsp3) is 0.179. The van der Waals surface area contributed by atoms with Crippen molar-refractivity contribution >= 4 is 23.9 Å². The van der Waals surface area contributed by atoms with Gasteiger partial charge in [-0.25, -0.2) is 0 Å². The van der Waals surface area contributed by atoms with E-state index in [1.54, 1.807) is 11.1 Å². The van der Waals surface area contributed by atoms with E-state index >= 15 is 0 Å². The fourth-order valence-corrected chi connectivity index (χ4v) is 4.56. The second-order valence-corrected chi connectivity index (χ2v) is 7.80. The average molecular weight is 376 g/mol. The first-order valence-corrected chi connectivity index (χ1v) is 10.5. The Morgan fingerprint density at radius 1 is 0.793 bits per heavy atom. The van der Waals surface area contributed by atoms with Crippen molar-refractivity contribution in [2.24, 2.45) is 4.99 Å². The molecule has 0 unspecified atom stereocenters. The van der Waals surface area contributed by atoms with Gasteiger partial charge >= 0.3 is 0 Å². The van der Waals surface area contributed by atoms with Crippen LogP contribution in [0.25, 0.3) is 17.7 Å². The largest absolute Gasteiger partial charge is 0.269 e. The maximum absolute atomic E-state index is 4.08. The summed E-state index contributed by atoms with van der Waals surface area (Å²) in [6.07, 6.45) is 25.1. The van der Waals surface area contributed by atoms with Crippen LogP contribution in [0.15, 0.2) is 83.5 Å². The van der Waals surface area contributed by atoms with Crippen molar-refractivity contribution in [2.75, 3.05) is 0 Å². The van der Waals surface area contributed by atoms with E-state index in [0.717, 1.165) is 19.3 Å². The van der Waals surface area contributed by atoms with Crippen LogP contribution >= 0.6 is 0 Å². The van der Waals surface area contributed by atoms with Gasteiger partial charge < -0.3 is 0 Å². The van der Waals surface area contributed by atoms with Gasteiger partial charge in [0.1, 0.15) is 0 Å². The minimum absolute atomic E-state index is 0.948. The molecule has 3 aliphatic carbocycles. The van der Waals surface area contributed by atoms with Gasteiger partial charge in [-0.1, -0.05) is 72.9 Å². The van der Waals surface area contributed by atoms with Crippen molar-refractivity contribution in [3.05, 3.63) is 112 Å². The molecule has 2 aromatic carbocycles. The summed E-state index contributed by atoms with van der Waals surface area (Å²) in [6.45, 7) is 0. The molecular formula is C28H25N. The Morgan fingerprint density at radius 2 is 1.76 bits per heavy atom.